The second-order valence-corrected chi connectivity index (χ2v) is 8.61. The van der Waals surface area contributed by atoms with Crippen molar-refractivity contribution < 1.29 is 24.2 Å². The number of aliphatic carboxylic acids is 1. The maximum atomic E-state index is 10.8. The summed E-state index contributed by atoms with van der Waals surface area (Å²) in [6, 6.07) is 9.36. The molecule has 3 rings (SSSR count). The third kappa shape index (κ3) is 6.08. The lowest BCUT2D eigenvalue weighted by Gasteiger charge is -2.14. The van der Waals surface area contributed by atoms with E-state index in [1.165, 1.54) is 7.11 Å². The number of ether oxygens (including phenoxy) is 2. The van der Waals surface area contributed by atoms with Crippen LogP contribution in [0, 0.1) is 0 Å². The fourth-order valence-corrected chi connectivity index (χ4v) is 4.61. The van der Waals surface area contributed by atoms with Gasteiger partial charge in [-0.05, 0) is 42.7 Å². The number of benzene rings is 2. The number of hydrogen-bond donors (Lipinski definition) is 1. The van der Waals surface area contributed by atoms with Crippen molar-refractivity contribution in [3.63, 3.8) is 0 Å². The SMILES string of the molecule is CCCc1c(OCCCSc2ccc(CC(=O)O)cc2Cl)ccc2c1OC/C2=N\OC. The third-order valence-electron chi connectivity index (χ3n) is 4.74. The first kappa shape index (κ1) is 23.3. The number of rotatable bonds is 11. The van der Waals surface area contributed by atoms with Gasteiger partial charge < -0.3 is 19.4 Å². The fraction of sp³-hybridized carbons (Fsp3) is 0.391. The Morgan fingerprint density at radius 1 is 1.32 bits per heavy atom. The van der Waals surface area contributed by atoms with Crippen LogP contribution in [0.5, 0.6) is 11.5 Å². The number of hydrogen-bond acceptors (Lipinski definition) is 6. The number of halogens is 1. The molecule has 0 amide bonds. The van der Waals surface area contributed by atoms with Crippen molar-refractivity contribution in [1.29, 1.82) is 0 Å². The van der Waals surface area contributed by atoms with Gasteiger partial charge in [-0.15, -0.1) is 11.8 Å². The van der Waals surface area contributed by atoms with Gasteiger partial charge in [-0.3, -0.25) is 4.79 Å². The second kappa shape index (κ2) is 11.3. The molecule has 0 bridgehead atoms. The minimum atomic E-state index is -0.866. The van der Waals surface area contributed by atoms with E-state index in [9.17, 15) is 4.79 Å². The van der Waals surface area contributed by atoms with Gasteiger partial charge in [0.25, 0.3) is 0 Å². The van der Waals surface area contributed by atoms with E-state index < -0.39 is 5.97 Å². The Hall–Kier alpha value is -2.38. The van der Waals surface area contributed by atoms with Crippen molar-refractivity contribution in [3.8, 4) is 11.5 Å². The first-order chi connectivity index (χ1) is 15.0. The maximum absolute atomic E-state index is 10.8. The number of carboxylic acid groups (broad SMARTS) is 1. The van der Waals surface area contributed by atoms with Crippen LogP contribution in [-0.2, 0) is 22.5 Å². The second-order valence-electron chi connectivity index (χ2n) is 7.06. The highest BCUT2D eigenvalue weighted by Crippen LogP contribution is 2.37. The summed E-state index contributed by atoms with van der Waals surface area (Å²) in [5.74, 6) is 1.67. The van der Waals surface area contributed by atoms with E-state index >= 15 is 0 Å². The Balaban J connectivity index is 1.55. The standard InChI is InChI=1S/C23H26ClNO5S/c1-3-5-17-20(8-7-16-19(25-28-2)14-30-23(16)17)29-10-4-11-31-21-9-6-15(12-18(21)24)13-22(26)27/h6-9,12H,3-5,10-11,13-14H2,1-2H3,(H,26,27)/b25-19+. The average Bonchev–Trinajstić information content (AvgIpc) is 3.13. The van der Waals surface area contributed by atoms with Crippen molar-refractivity contribution >= 4 is 35.0 Å². The van der Waals surface area contributed by atoms with E-state index in [0.29, 0.717) is 23.8 Å². The molecule has 2 aromatic rings. The van der Waals surface area contributed by atoms with Crippen molar-refractivity contribution in [2.24, 2.45) is 5.16 Å². The van der Waals surface area contributed by atoms with Gasteiger partial charge in [0, 0.05) is 21.8 Å². The molecule has 1 heterocycles. The van der Waals surface area contributed by atoms with Gasteiger partial charge >= 0.3 is 5.97 Å². The van der Waals surface area contributed by atoms with E-state index in [1.807, 2.05) is 24.3 Å². The molecule has 0 atom stereocenters. The Kier molecular flexibility index (Phi) is 8.49. The summed E-state index contributed by atoms with van der Waals surface area (Å²) in [5.41, 5.74) is 3.54. The Morgan fingerprint density at radius 3 is 2.87 bits per heavy atom. The van der Waals surface area contributed by atoms with Gasteiger partial charge in [0.05, 0.1) is 18.1 Å². The summed E-state index contributed by atoms with van der Waals surface area (Å²) in [7, 11) is 1.53. The van der Waals surface area contributed by atoms with Crippen LogP contribution >= 0.6 is 23.4 Å². The lowest BCUT2D eigenvalue weighted by Crippen LogP contribution is -2.03. The molecule has 0 aromatic heterocycles. The predicted octanol–water partition coefficient (Wildman–Crippen LogP) is 5.22. The van der Waals surface area contributed by atoms with Gasteiger partial charge in [-0.1, -0.05) is 36.2 Å². The van der Waals surface area contributed by atoms with Crippen LogP contribution in [0.3, 0.4) is 0 Å². The normalized spacial score (nSPS) is 13.7. The average molecular weight is 464 g/mol. The molecule has 0 aliphatic carbocycles. The third-order valence-corrected chi connectivity index (χ3v) is 6.32. The van der Waals surface area contributed by atoms with E-state index in [4.69, 9.17) is 31.0 Å². The minimum absolute atomic E-state index is 0.0259. The van der Waals surface area contributed by atoms with E-state index in [0.717, 1.165) is 58.2 Å². The molecule has 2 aromatic carbocycles. The minimum Gasteiger partial charge on any atom is -0.493 e. The molecule has 0 saturated carbocycles. The van der Waals surface area contributed by atoms with Gasteiger partial charge in [0.2, 0.25) is 0 Å². The highest BCUT2D eigenvalue weighted by Gasteiger charge is 2.25. The molecule has 1 aliphatic rings. The Morgan fingerprint density at radius 2 is 2.16 bits per heavy atom. The molecule has 0 saturated heterocycles. The maximum Gasteiger partial charge on any atom is 0.307 e. The van der Waals surface area contributed by atoms with Gasteiger partial charge in [-0.2, -0.15) is 0 Å². The van der Waals surface area contributed by atoms with Crippen LogP contribution in [0.2, 0.25) is 5.02 Å². The van der Waals surface area contributed by atoms with E-state index in [2.05, 4.69) is 12.1 Å². The number of carboxylic acids is 1. The monoisotopic (exact) mass is 463 g/mol. The summed E-state index contributed by atoms with van der Waals surface area (Å²) in [5, 5.41) is 13.5. The molecule has 0 spiro atoms. The molecule has 8 heteroatoms. The molecule has 166 valence electrons. The van der Waals surface area contributed by atoms with Gasteiger partial charge in [0.1, 0.15) is 30.9 Å². The quantitative estimate of drug-likeness (QED) is 0.279. The number of fused-ring (bicyclic) bond motifs is 1. The molecule has 0 radical (unpaired) electrons. The zero-order valence-corrected chi connectivity index (χ0v) is 19.2. The molecule has 0 unspecified atom stereocenters. The van der Waals surface area contributed by atoms with E-state index in [1.54, 1.807) is 17.8 Å². The molecular weight excluding hydrogens is 438 g/mol. The van der Waals surface area contributed by atoms with Gasteiger partial charge in [-0.25, -0.2) is 0 Å². The van der Waals surface area contributed by atoms with Crippen molar-refractivity contribution in [2.45, 2.75) is 37.5 Å². The number of nitrogens with zero attached hydrogens (tertiary/aromatic N) is 1. The number of carbonyl (C=O) groups is 1. The van der Waals surface area contributed by atoms with E-state index in [-0.39, 0.29) is 6.42 Å². The Bertz CT molecular complexity index is 963. The molecular formula is C23H26ClNO5S. The van der Waals surface area contributed by atoms with Crippen LogP contribution in [0.4, 0.5) is 0 Å². The zero-order chi connectivity index (χ0) is 22.2. The molecule has 1 aliphatic heterocycles. The predicted molar refractivity (Wildman–Crippen MR) is 123 cm³/mol. The van der Waals surface area contributed by atoms with Crippen LogP contribution in [-0.4, -0.2) is 42.9 Å². The summed E-state index contributed by atoms with van der Waals surface area (Å²) in [6.07, 6.45) is 2.67. The largest absolute Gasteiger partial charge is 0.493 e. The van der Waals surface area contributed by atoms with Gasteiger partial charge in [0.15, 0.2) is 0 Å². The smallest absolute Gasteiger partial charge is 0.307 e. The molecule has 6 nitrogen and oxygen atoms in total. The highest BCUT2D eigenvalue weighted by atomic mass is 35.5. The molecule has 0 fully saturated rings. The lowest BCUT2D eigenvalue weighted by molar-refractivity contribution is -0.136. The summed E-state index contributed by atoms with van der Waals surface area (Å²) in [6.45, 7) is 3.12. The zero-order valence-electron chi connectivity index (χ0n) is 17.7. The van der Waals surface area contributed by atoms with Crippen molar-refractivity contribution in [2.75, 3.05) is 26.1 Å². The van der Waals surface area contributed by atoms with Crippen LogP contribution in [0.25, 0.3) is 0 Å². The summed E-state index contributed by atoms with van der Waals surface area (Å²) in [4.78, 5) is 16.7. The number of oxime groups is 1. The Labute approximate surface area is 191 Å². The lowest BCUT2D eigenvalue weighted by atomic mass is 10.0. The first-order valence-corrected chi connectivity index (χ1v) is 11.5. The highest BCUT2D eigenvalue weighted by molar-refractivity contribution is 7.99. The van der Waals surface area contributed by atoms with Crippen molar-refractivity contribution in [1.82, 2.24) is 0 Å². The summed E-state index contributed by atoms with van der Waals surface area (Å²) < 4.78 is 12.0. The summed E-state index contributed by atoms with van der Waals surface area (Å²) >= 11 is 7.92. The fourth-order valence-electron chi connectivity index (χ4n) is 3.40. The van der Waals surface area contributed by atoms with Crippen LogP contribution in [0.1, 0.15) is 36.5 Å². The van der Waals surface area contributed by atoms with Crippen molar-refractivity contribution in [3.05, 3.63) is 52.0 Å². The molecule has 31 heavy (non-hydrogen) atoms. The molecule has 1 N–H and O–H groups in total. The van der Waals surface area contributed by atoms with Crippen LogP contribution < -0.4 is 9.47 Å². The first-order valence-electron chi connectivity index (χ1n) is 10.2. The topological polar surface area (TPSA) is 77.4 Å². The van der Waals surface area contributed by atoms with Crippen LogP contribution in [0.15, 0.2) is 40.4 Å². The number of thioether (sulfide) groups is 1.